The van der Waals surface area contributed by atoms with Crippen molar-refractivity contribution in [1.29, 1.82) is 0 Å². The van der Waals surface area contributed by atoms with Crippen LogP contribution in [-0.4, -0.2) is 33.7 Å². The lowest BCUT2D eigenvalue weighted by atomic mass is 9.89. The number of para-hydroxylation sites is 1. The summed E-state index contributed by atoms with van der Waals surface area (Å²) in [6.07, 6.45) is 1.88. The van der Waals surface area contributed by atoms with Crippen LogP contribution in [0.1, 0.15) is 25.3 Å². The molecule has 3 nitrogen and oxygen atoms in total. The summed E-state index contributed by atoms with van der Waals surface area (Å²) in [7, 11) is 0. The molecule has 0 spiro atoms. The van der Waals surface area contributed by atoms with Gasteiger partial charge in [0.25, 0.3) is 0 Å². The van der Waals surface area contributed by atoms with E-state index < -0.39 is 5.60 Å². The van der Waals surface area contributed by atoms with E-state index in [0.717, 1.165) is 48.9 Å². The molecule has 2 aromatic rings. The molecule has 1 aliphatic rings. The van der Waals surface area contributed by atoms with E-state index in [2.05, 4.69) is 22.9 Å². The van der Waals surface area contributed by atoms with Gasteiger partial charge in [-0.25, -0.2) is 4.98 Å². The van der Waals surface area contributed by atoms with E-state index >= 15 is 0 Å². The molecule has 1 fully saturated rings. The molecule has 0 unspecified atom stereocenters. The summed E-state index contributed by atoms with van der Waals surface area (Å²) < 4.78 is 0. The van der Waals surface area contributed by atoms with Crippen molar-refractivity contribution >= 4 is 22.5 Å². The molecule has 0 aliphatic carbocycles. The van der Waals surface area contributed by atoms with Gasteiger partial charge in [-0.1, -0.05) is 43.1 Å². The summed E-state index contributed by atoms with van der Waals surface area (Å²) in [5, 5.41) is 11.9. The Morgan fingerprint density at radius 2 is 2.10 bits per heavy atom. The van der Waals surface area contributed by atoms with Gasteiger partial charge in [-0.15, -0.1) is 0 Å². The fourth-order valence-electron chi connectivity index (χ4n) is 3.01. The quantitative estimate of drug-likeness (QED) is 0.878. The van der Waals surface area contributed by atoms with Crippen molar-refractivity contribution < 1.29 is 5.11 Å². The highest BCUT2D eigenvalue weighted by molar-refractivity contribution is 6.30. The average molecular weight is 291 g/mol. The van der Waals surface area contributed by atoms with Crippen LogP contribution in [0.4, 0.5) is 0 Å². The zero-order valence-corrected chi connectivity index (χ0v) is 12.4. The third kappa shape index (κ3) is 2.66. The third-order valence-corrected chi connectivity index (χ3v) is 4.22. The van der Waals surface area contributed by atoms with Crippen LogP contribution in [0.25, 0.3) is 10.9 Å². The molecular formula is C16H19ClN2O. The largest absolute Gasteiger partial charge is 0.387 e. The molecule has 1 aromatic heterocycles. The molecular weight excluding hydrogens is 272 g/mol. The number of halogens is 1. The molecule has 106 valence electrons. The predicted octanol–water partition coefficient (Wildman–Crippen LogP) is 3.24. The average Bonchev–Trinajstić information content (AvgIpc) is 2.38. The van der Waals surface area contributed by atoms with E-state index in [1.54, 1.807) is 0 Å². The van der Waals surface area contributed by atoms with Crippen LogP contribution in [0, 0.1) is 0 Å². The highest BCUT2D eigenvalue weighted by atomic mass is 35.5. The Labute approximate surface area is 124 Å². The first-order valence-corrected chi connectivity index (χ1v) is 7.46. The first kappa shape index (κ1) is 13.8. The number of likely N-dealkylation sites (tertiary alicyclic amines) is 1. The maximum absolute atomic E-state index is 10.2. The zero-order valence-electron chi connectivity index (χ0n) is 11.6. The maximum atomic E-state index is 10.2. The number of aromatic nitrogens is 1. The maximum Gasteiger partial charge on any atom is 0.134 e. The highest BCUT2D eigenvalue weighted by Gasteiger charge is 2.40. The van der Waals surface area contributed by atoms with Gasteiger partial charge < -0.3 is 5.11 Å². The topological polar surface area (TPSA) is 36.4 Å². The number of rotatable bonds is 4. The Hall–Kier alpha value is -1.16. The van der Waals surface area contributed by atoms with E-state index in [0.29, 0.717) is 5.15 Å². The second-order valence-corrected chi connectivity index (χ2v) is 6.11. The van der Waals surface area contributed by atoms with Crippen molar-refractivity contribution in [3.05, 3.63) is 41.0 Å². The van der Waals surface area contributed by atoms with Gasteiger partial charge >= 0.3 is 0 Å². The van der Waals surface area contributed by atoms with E-state index in [1.807, 2.05) is 24.3 Å². The lowest BCUT2D eigenvalue weighted by Crippen LogP contribution is -2.60. The number of aliphatic hydroxyl groups is 1. The number of β-amino-alcohol motifs (C(OH)–C–C–N with tert-alkyl or cyclic N) is 1. The predicted molar refractivity (Wildman–Crippen MR) is 81.9 cm³/mol. The van der Waals surface area contributed by atoms with E-state index in [4.69, 9.17) is 11.6 Å². The molecule has 1 N–H and O–H groups in total. The smallest absolute Gasteiger partial charge is 0.134 e. The van der Waals surface area contributed by atoms with Crippen LogP contribution in [0.3, 0.4) is 0 Å². The van der Waals surface area contributed by atoms with Gasteiger partial charge in [-0.05, 0) is 18.6 Å². The Balaban J connectivity index is 1.74. The molecule has 3 rings (SSSR count). The van der Waals surface area contributed by atoms with Crippen molar-refractivity contribution in [2.45, 2.75) is 31.9 Å². The minimum absolute atomic E-state index is 0.495. The molecule has 0 bridgehead atoms. The lowest BCUT2D eigenvalue weighted by Gasteiger charge is -2.46. The van der Waals surface area contributed by atoms with Gasteiger partial charge in [0, 0.05) is 30.6 Å². The summed E-state index contributed by atoms with van der Waals surface area (Å²) in [5.41, 5.74) is 1.46. The standard InChI is InChI=1S/C16H19ClN2O/c1-2-7-16(20)10-19(11-16)9-13-8-12-5-3-4-6-14(12)18-15(13)17/h3-6,8,20H,2,7,9-11H2,1H3. The van der Waals surface area contributed by atoms with E-state index in [1.165, 1.54) is 0 Å². The first-order valence-electron chi connectivity index (χ1n) is 7.08. The van der Waals surface area contributed by atoms with Crippen molar-refractivity contribution in [2.24, 2.45) is 0 Å². The molecule has 0 amide bonds. The number of benzene rings is 1. The van der Waals surface area contributed by atoms with Crippen molar-refractivity contribution in [3.63, 3.8) is 0 Å². The Kier molecular flexibility index (Phi) is 3.67. The van der Waals surface area contributed by atoms with Crippen molar-refractivity contribution in [3.8, 4) is 0 Å². The van der Waals surface area contributed by atoms with Crippen molar-refractivity contribution in [2.75, 3.05) is 13.1 Å². The summed E-state index contributed by atoms with van der Waals surface area (Å²) in [5.74, 6) is 0. The summed E-state index contributed by atoms with van der Waals surface area (Å²) in [4.78, 5) is 6.65. The monoisotopic (exact) mass is 290 g/mol. The molecule has 1 aromatic carbocycles. The molecule has 1 saturated heterocycles. The molecule has 0 atom stereocenters. The van der Waals surface area contributed by atoms with E-state index in [-0.39, 0.29) is 0 Å². The summed E-state index contributed by atoms with van der Waals surface area (Å²) >= 11 is 6.26. The Morgan fingerprint density at radius 3 is 2.85 bits per heavy atom. The van der Waals surface area contributed by atoms with Crippen LogP contribution < -0.4 is 0 Å². The lowest BCUT2D eigenvalue weighted by molar-refractivity contribution is -0.106. The molecule has 4 heteroatoms. The second-order valence-electron chi connectivity index (χ2n) is 5.75. The van der Waals surface area contributed by atoms with Crippen LogP contribution >= 0.6 is 11.6 Å². The summed E-state index contributed by atoms with van der Waals surface area (Å²) in [6, 6.07) is 10.1. The number of fused-ring (bicyclic) bond motifs is 1. The van der Waals surface area contributed by atoms with Gasteiger partial charge in [-0.3, -0.25) is 4.90 Å². The number of hydrogen-bond acceptors (Lipinski definition) is 3. The van der Waals surface area contributed by atoms with Gasteiger partial charge in [0.2, 0.25) is 0 Å². The van der Waals surface area contributed by atoms with Crippen molar-refractivity contribution in [1.82, 2.24) is 9.88 Å². The molecule has 20 heavy (non-hydrogen) atoms. The summed E-state index contributed by atoms with van der Waals surface area (Å²) in [6.45, 7) is 4.31. The Bertz CT molecular complexity index is 623. The molecule has 2 heterocycles. The number of pyridine rings is 1. The zero-order chi connectivity index (χ0) is 14.2. The SMILES string of the molecule is CCCC1(O)CN(Cc2cc3ccccc3nc2Cl)C1. The fourth-order valence-corrected chi connectivity index (χ4v) is 3.21. The number of nitrogens with zero attached hydrogens (tertiary/aromatic N) is 2. The minimum atomic E-state index is -0.495. The van der Waals surface area contributed by atoms with Gasteiger partial charge in [0.1, 0.15) is 5.15 Å². The van der Waals surface area contributed by atoms with Gasteiger partial charge in [0.05, 0.1) is 11.1 Å². The highest BCUT2D eigenvalue weighted by Crippen LogP contribution is 2.29. The van der Waals surface area contributed by atoms with Crippen LogP contribution in [0.15, 0.2) is 30.3 Å². The minimum Gasteiger partial charge on any atom is -0.387 e. The fraction of sp³-hybridized carbons (Fsp3) is 0.438. The second kappa shape index (κ2) is 5.32. The first-order chi connectivity index (χ1) is 9.59. The van der Waals surface area contributed by atoms with E-state index in [9.17, 15) is 5.11 Å². The third-order valence-electron chi connectivity index (χ3n) is 3.90. The van der Waals surface area contributed by atoms with Gasteiger partial charge in [-0.2, -0.15) is 0 Å². The Morgan fingerprint density at radius 1 is 1.35 bits per heavy atom. The normalized spacial score (nSPS) is 18.1. The van der Waals surface area contributed by atoms with Crippen LogP contribution in [0.5, 0.6) is 0 Å². The molecule has 0 radical (unpaired) electrons. The van der Waals surface area contributed by atoms with Gasteiger partial charge in [0.15, 0.2) is 0 Å². The van der Waals surface area contributed by atoms with Crippen LogP contribution in [-0.2, 0) is 6.54 Å². The molecule has 0 saturated carbocycles. The number of hydrogen-bond donors (Lipinski definition) is 1. The molecule has 1 aliphatic heterocycles. The van der Waals surface area contributed by atoms with Crippen LogP contribution in [0.2, 0.25) is 5.15 Å².